The molecule has 0 unspecified atom stereocenters. The minimum Gasteiger partial charge on any atom is -0.306 e. The highest BCUT2D eigenvalue weighted by Gasteiger charge is 2.31. The smallest absolute Gasteiger partial charge is 0.306 e. The number of aryl methyl sites for hydroxylation is 1. The average Bonchev–Trinajstić information content (AvgIpc) is 3.16. The number of benzene rings is 1. The number of rotatable bonds is 5. The van der Waals surface area contributed by atoms with E-state index in [-0.39, 0.29) is 0 Å². The molecule has 1 aromatic carbocycles. The topological polar surface area (TPSA) is 78.5 Å². The number of anilines is 1. The van der Waals surface area contributed by atoms with Crippen molar-refractivity contribution < 1.29 is 13.2 Å². The van der Waals surface area contributed by atoms with Crippen LogP contribution in [0.15, 0.2) is 18.2 Å². The number of likely N-dealkylation sites (tertiary alicyclic amines) is 1. The molecule has 0 radical (unpaired) electrons. The molecule has 1 aliphatic carbocycles. The SMILES string of the molecule is C/C=C(\C)c1ccc2c(c1NC(=O)NS(=O)(=O)C1CCN(CC)CC1)CCC2. The van der Waals surface area contributed by atoms with E-state index in [9.17, 15) is 13.2 Å². The van der Waals surface area contributed by atoms with Crippen LogP contribution in [0, 0.1) is 0 Å². The number of hydrogen-bond donors (Lipinski definition) is 2. The minimum atomic E-state index is -3.69. The van der Waals surface area contributed by atoms with Crippen molar-refractivity contribution in [1.29, 1.82) is 0 Å². The summed E-state index contributed by atoms with van der Waals surface area (Å²) in [4.78, 5) is 14.9. The Morgan fingerprint density at radius 3 is 2.61 bits per heavy atom. The third kappa shape index (κ3) is 4.41. The van der Waals surface area contributed by atoms with E-state index >= 15 is 0 Å². The molecule has 154 valence electrons. The number of nitrogens with one attached hydrogen (secondary N) is 2. The maximum atomic E-state index is 12.7. The van der Waals surface area contributed by atoms with Gasteiger partial charge in [-0.25, -0.2) is 17.9 Å². The summed E-state index contributed by atoms with van der Waals surface area (Å²) in [5.41, 5.74) is 5.12. The molecule has 2 aliphatic rings. The lowest BCUT2D eigenvalue weighted by atomic mass is 9.98. The molecular formula is C21H31N3O3S. The first kappa shape index (κ1) is 20.9. The quantitative estimate of drug-likeness (QED) is 0.785. The zero-order valence-corrected chi connectivity index (χ0v) is 17.9. The van der Waals surface area contributed by atoms with Crippen molar-refractivity contribution >= 4 is 27.3 Å². The first-order chi connectivity index (χ1) is 13.4. The molecule has 1 fully saturated rings. The molecular weight excluding hydrogens is 374 g/mol. The molecule has 0 saturated carbocycles. The van der Waals surface area contributed by atoms with Gasteiger partial charge in [-0.05, 0) is 82.3 Å². The Morgan fingerprint density at radius 2 is 1.96 bits per heavy atom. The second kappa shape index (κ2) is 8.66. The van der Waals surface area contributed by atoms with E-state index in [1.807, 2.05) is 26.0 Å². The van der Waals surface area contributed by atoms with Crippen LogP contribution in [0.3, 0.4) is 0 Å². The predicted octanol–water partition coefficient (Wildman–Crippen LogP) is 3.53. The Hall–Kier alpha value is -1.86. The van der Waals surface area contributed by atoms with Crippen LogP contribution in [-0.2, 0) is 22.9 Å². The van der Waals surface area contributed by atoms with Gasteiger partial charge in [0.15, 0.2) is 0 Å². The van der Waals surface area contributed by atoms with Crippen LogP contribution in [0.4, 0.5) is 10.5 Å². The van der Waals surface area contributed by atoms with Gasteiger partial charge < -0.3 is 10.2 Å². The van der Waals surface area contributed by atoms with Gasteiger partial charge in [-0.2, -0.15) is 0 Å². The van der Waals surface area contributed by atoms with Gasteiger partial charge in [-0.3, -0.25) is 0 Å². The maximum Gasteiger partial charge on any atom is 0.332 e. The highest BCUT2D eigenvalue weighted by Crippen LogP contribution is 2.35. The highest BCUT2D eigenvalue weighted by atomic mass is 32.2. The highest BCUT2D eigenvalue weighted by molar-refractivity contribution is 7.90. The summed E-state index contributed by atoms with van der Waals surface area (Å²) in [5.74, 6) is 0. The zero-order valence-electron chi connectivity index (χ0n) is 17.0. The summed E-state index contributed by atoms with van der Waals surface area (Å²) in [7, 11) is -3.69. The van der Waals surface area contributed by atoms with Crippen LogP contribution in [0.1, 0.15) is 56.7 Å². The third-order valence-corrected chi connectivity index (χ3v) is 7.85. The first-order valence-corrected chi connectivity index (χ1v) is 11.7. The number of nitrogens with zero attached hydrogens (tertiary/aromatic N) is 1. The summed E-state index contributed by atoms with van der Waals surface area (Å²) >= 11 is 0. The summed E-state index contributed by atoms with van der Waals surface area (Å²) < 4.78 is 27.6. The predicted molar refractivity (Wildman–Crippen MR) is 114 cm³/mol. The fourth-order valence-electron chi connectivity index (χ4n) is 4.18. The maximum absolute atomic E-state index is 12.7. The molecule has 7 heteroatoms. The van der Waals surface area contributed by atoms with Gasteiger partial charge in [-0.1, -0.05) is 25.1 Å². The molecule has 2 amide bonds. The van der Waals surface area contributed by atoms with Crippen molar-refractivity contribution in [2.24, 2.45) is 0 Å². The third-order valence-electron chi connectivity index (χ3n) is 6.03. The van der Waals surface area contributed by atoms with Gasteiger partial charge >= 0.3 is 6.03 Å². The van der Waals surface area contributed by atoms with E-state index < -0.39 is 21.3 Å². The van der Waals surface area contributed by atoms with E-state index in [0.717, 1.165) is 61.3 Å². The van der Waals surface area contributed by atoms with Crippen molar-refractivity contribution in [3.05, 3.63) is 34.9 Å². The van der Waals surface area contributed by atoms with Crippen LogP contribution in [0.25, 0.3) is 5.57 Å². The van der Waals surface area contributed by atoms with E-state index in [2.05, 4.69) is 27.9 Å². The Labute approximate surface area is 168 Å². The molecule has 0 spiro atoms. The Kier molecular flexibility index (Phi) is 6.45. The second-order valence-electron chi connectivity index (χ2n) is 7.69. The Balaban J connectivity index is 1.76. The van der Waals surface area contributed by atoms with Crippen molar-refractivity contribution in [3.8, 4) is 0 Å². The molecule has 3 rings (SSSR count). The van der Waals surface area contributed by atoms with Gasteiger partial charge in [0, 0.05) is 5.56 Å². The summed E-state index contributed by atoms with van der Waals surface area (Å²) in [6.07, 6.45) is 6.06. The number of carbonyl (C=O) groups excluding carboxylic acids is 1. The van der Waals surface area contributed by atoms with E-state index in [1.54, 1.807) is 0 Å². The van der Waals surface area contributed by atoms with Gasteiger partial charge in [-0.15, -0.1) is 0 Å². The zero-order chi connectivity index (χ0) is 20.3. The number of allylic oxidation sites excluding steroid dienone is 2. The lowest BCUT2D eigenvalue weighted by Crippen LogP contribution is -2.46. The molecule has 2 N–H and O–H groups in total. The lowest BCUT2D eigenvalue weighted by Gasteiger charge is -2.30. The molecule has 1 saturated heterocycles. The van der Waals surface area contributed by atoms with Crippen LogP contribution >= 0.6 is 0 Å². The standard InChI is InChI=1S/C21H31N3O3S/c1-4-15(3)18-10-9-16-7-6-8-19(16)20(18)22-21(25)23-28(26,27)17-11-13-24(5-2)14-12-17/h4,9-10,17H,5-8,11-14H2,1-3H3,(H2,22,23,25)/b15-4+. The first-order valence-electron chi connectivity index (χ1n) is 10.2. The number of amides is 2. The van der Waals surface area contributed by atoms with E-state index in [0.29, 0.717) is 12.8 Å². The molecule has 1 aliphatic heterocycles. The minimum absolute atomic E-state index is 0.515. The average molecular weight is 406 g/mol. The number of hydrogen-bond acceptors (Lipinski definition) is 4. The molecule has 1 aromatic rings. The van der Waals surface area contributed by atoms with Gasteiger partial charge in [0.2, 0.25) is 10.0 Å². The number of urea groups is 1. The van der Waals surface area contributed by atoms with Crippen molar-refractivity contribution in [2.45, 2.75) is 58.1 Å². The van der Waals surface area contributed by atoms with Gasteiger partial charge in [0.25, 0.3) is 0 Å². The van der Waals surface area contributed by atoms with E-state index in [1.165, 1.54) is 5.56 Å². The molecule has 0 atom stereocenters. The molecule has 0 aromatic heterocycles. The summed E-state index contributed by atoms with van der Waals surface area (Å²) in [6, 6.07) is 3.47. The Morgan fingerprint density at radius 1 is 1.25 bits per heavy atom. The van der Waals surface area contributed by atoms with Crippen molar-refractivity contribution in [3.63, 3.8) is 0 Å². The second-order valence-corrected chi connectivity index (χ2v) is 9.65. The van der Waals surface area contributed by atoms with Crippen LogP contribution in [0.5, 0.6) is 0 Å². The number of fused-ring (bicyclic) bond motifs is 1. The lowest BCUT2D eigenvalue weighted by molar-refractivity contribution is 0.240. The van der Waals surface area contributed by atoms with Crippen LogP contribution in [-0.4, -0.2) is 44.2 Å². The molecule has 1 heterocycles. The summed E-state index contributed by atoms with van der Waals surface area (Å²) in [6.45, 7) is 8.45. The molecule has 0 bridgehead atoms. The van der Waals surface area contributed by atoms with Gasteiger partial charge in [0.1, 0.15) is 0 Å². The number of sulfonamides is 1. The fourth-order valence-corrected chi connectivity index (χ4v) is 5.49. The van der Waals surface area contributed by atoms with E-state index in [4.69, 9.17) is 0 Å². The van der Waals surface area contributed by atoms with Crippen LogP contribution in [0.2, 0.25) is 0 Å². The normalized spacial score (nSPS) is 18.8. The monoisotopic (exact) mass is 405 g/mol. The number of carbonyl (C=O) groups is 1. The van der Waals surface area contributed by atoms with Crippen molar-refractivity contribution in [1.82, 2.24) is 9.62 Å². The molecule has 6 nitrogen and oxygen atoms in total. The number of piperidine rings is 1. The summed E-state index contributed by atoms with van der Waals surface area (Å²) in [5, 5.41) is 2.35. The Bertz CT molecular complexity index is 869. The van der Waals surface area contributed by atoms with Gasteiger partial charge in [0.05, 0.1) is 10.9 Å². The molecule has 28 heavy (non-hydrogen) atoms. The van der Waals surface area contributed by atoms with Crippen molar-refractivity contribution in [2.75, 3.05) is 25.0 Å². The van der Waals surface area contributed by atoms with Crippen LogP contribution < -0.4 is 10.0 Å². The fraction of sp³-hybridized carbons (Fsp3) is 0.571. The largest absolute Gasteiger partial charge is 0.332 e.